The summed E-state index contributed by atoms with van der Waals surface area (Å²) in [7, 11) is 1.84. The standard InChI is InChI=1S/C18H22N6O2/c1-13-17-20-14(9-16(25)22-5-3-4-6-22)10-23(17)7-8-24(13)18(26)15-11-21(2)12-19-15/h3-4,10-13H,5-9H2,1-2H3. The second-order valence-electron chi connectivity index (χ2n) is 6.83. The molecule has 0 spiro atoms. The van der Waals surface area contributed by atoms with Crippen molar-refractivity contribution in [1.82, 2.24) is 28.9 Å². The van der Waals surface area contributed by atoms with Crippen LogP contribution in [0.15, 0.2) is 30.9 Å². The van der Waals surface area contributed by atoms with Crippen molar-refractivity contribution in [3.05, 3.63) is 48.1 Å². The number of amides is 2. The van der Waals surface area contributed by atoms with Crippen LogP contribution in [0.3, 0.4) is 0 Å². The molecule has 0 saturated heterocycles. The molecule has 2 amide bonds. The average Bonchev–Trinajstić information content (AvgIpc) is 3.34. The maximum Gasteiger partial charge on any atom is 0.274 e. The second-order valence-corrected chi connectivity index (χ2v) is 6.83. The van der Waals surface area contributed by atoms with Crippen LogP contribution in [0.25, 0.3) is 0 Å². The lowest BCUT2D eigenvalue weighted by atomic mass is 10.2. The van der Waals surface area contributed by atoms with Gasteiger partial charge in [0, 0.05) is 45.6 Å². The highest BCUT2D eigenvalue weighted by atomic mass is 16.2. The van der Waals surface area contributed by atoms with Gasteiger partial charge in [0.25, 0.3) is 5.91 Å². The molecule has 8 heteroatoms. The normalized spacial score (nSPS) is 19.1. The van der Waals surface area contributed by atoms with Gasteiger partial charge in [-0.25, -0.2) is 9.97 Å². The first kappa shape index (κ1) is 16.6. The Kier molecular flexibility index (Phi) is 4.10. The number of carbonyl (C=O) groups is 2. The molecule has 1 atom stereocenters. The van der Waals surface area contributed by atoms with Crippen molar-refractivity contribution in [2.75, 3.05) is 19.6 Å². The fourth-order valence-electron chi connectivity index (χ4n) is 3.53. The van der Waals surface area contributed by atoms with E-state index in [1.165, 1.54) is 0 Å². The van der Waals surface area contributed by atoms with Gasteiger partial charge in [0.05, 0.1) is 24.5 Å². The van der Waals surface area contributed by atoms with Crippen molar-refractivity contribution in [3.63, 3.8) is 0 Å². The van der Waals surface area contributed by atoms with E-state index in [2.05, 4.69) is 14.5 Å². The Morgan fingerprint density at radius 1 is 1.19 bits per heavy atom. The van der Waals surface area contributed by atoms with Gasteiger partial charge in [-0.1, -0.05) is 12.2 Å². The predicted octanol–water partition coefficient (Wildman–Crippen LogP) is 0.774. The molecule has 2 aliphatic rings. The highest BCUT2D eigenvalue weighted by Gasteiger charge is 2.31. The van der Waals surface area contributed by atoms with E-state index in [9.17, 15) is 9.59 Å². The van der Waals surface area contributed by atoms with Gasteiger partial charge in [0.1, 0.15) is 11.5 Å². The largest absolute Gasteiger partial charge is 0.340 e. The Morgan fingerprint density at radius 2 is 1.96 bits per heavy atom. The lowest BCUT2D eigenvalue weighted by Crippen LogP contribution is -2.41. The van der Waals surface area contributed by atoms with Gasteiger partial charge in [-0.05, 0) is 6.92 Å². The van der Waals surface area contributed by atoms with E-state index in [1.54, 1.807) is 26.9 Å². The van der Waals surface area contributed by atoms with Crippen LogP contribution < -0.4 is 0 Å². The van der Waals surface area contributed by atoms with Crippen molar-refractivity contribution >= 4 is 11.8 Å². The van der Waals surface area contributed by atoms with Crippen molar-refractivity contribution in [1.29, 1.82) is 0 Å². The SMILES string of the molecule is CC1c2nc(CC(=O)N3CC=CC3)cn2CCN1C(=O)c1cn(C)cn1. The maximum absolute atomic E-state index is 12.7. The summed E-state index contributed by atoms with van der Waals surface area (Å²) >= 11 is 0. The van der Waals surface area contributed by atoms with Gasteiger partial charge < -0.3 is 18.9 Å². The number of hydrogen-bond acceptors (Lipinski definition) is 4. The van der Waals surface area contributed by atoms with Gasteiger partial charge in [-0.2, -0.15) is 0 Å². The van der Waals surface area contributed by atoms with Crippen LogP contribution >= 0.6 is 0 Å². The molecule has 26 heavy (non-hydrogen) atoms. The fraction of sp³-hybridized carbons (Fsp3) is 0.444. The van der Waals surface area contributed by atoms with Gasteiger partial charge in [-0.3, -0.25) is 9.59 Å². The molecule has 0 aliphatic carbocycles. The maximum atomic E-state index is 12.7. The number of nitrogens with zero attached hydrogens (tertiary/aromatic N) is 6. The van der Waals surface area contributed by atoms with Gasteiger partial charge in [-0.15, -0.1) is 0 Å². The van der Waals surface area contributed by atoms with Crippen LogP contribution in [0.2, 0.25) is 0 Å². The molecule has 8 nitrogen and oxygen atoms in total. The number of imidazole rings is 2. The van der Waals surface area contributed by atoms with E-state index >= 15 is 0 Å². The van der Waals surface area contributed by atoms with E-state index in [1.807, 2.05) is 32.3 Å². The molecule has 1 unspecified atom stereocenters. The molecule has 136 valence electrons. The molecular weight excluding hydrogens is 332 g/mol. The fourth-order valence-corrected chi connectivity index (χ4v) is 3.53. The average molecular weight is 354 g/mol. The predicted molar refractivity (Wildman–Crippen MR) is 94.3 cm³/mol. The number of fused-ring (bicyclic) bond motifs is 1. The highest BCUT2D eigenvalue weighted by molar-refractivity contribution is 5.92. The van der Waals surface area contributed by atoms with E-state index < -0.39 is 0 Å². The Balaban J connectivity index is 1.49. The summed E-state index contributed by atoms with van der Waals surface area (Å²) in [4.78, 5) is 37.5. The van der Waals surface area contributed by atoms with Crippen LogP contribution in [-0.4, -0.2) is 60.4 Å². The number of hydrogen-bond donors (Lipinski definition) is 0. The summed E-state index contributed by atoms with van der Waals surface area (Å²) in [6.07, 6.45) is 9.58. The smallest absolute Gasteiger partial charge is 0.274 e. The quantitative estimate of drug-likeness (QED) is 0.763. The summed E-state index contributed by atoms with van der Waals surface area (Å²) in [6, 6.07) is -0.157. The molecule has 0 bridgehead atoms. The van der Waals surface area contributed by atoms with Crippen LogP contribution in [-0.2, 0) is 24.8 Å². The van der Waals surface area contributed by atoms with E-state index in [4.69, 9.17) is 0 Å². The van der Waals surface area contributed by atoms with Gasteiger partial charge >= 0.3 is 0 Å². The second kappa shape index (κ2) is 6.44. The van der Waals surface area contributed by atoms with Crippen LogP contribution in [0.5, 0.6) is 0 Å². The van der Waals surface area contributed by atoms with Gasteiger partial charge in [0.2, 0.25) is 5.91 Å². The number of aryl methyl sites for hydroxylation is 1. The number of aromatic nitrogens is 4. The highest BCUT2D eigenvalue weighted by Crippen LogP contribution is 2.26. The van der Waals surface area contributed by atoms with E-state index in [-0.39, 0.29) is 17.9 Å². The monoisotopic (exact) mass is 354 g/mol. The van der Waals surface area contributed by atoms with E-state index in [0.29, 0.717) is 38.3 Å². The first-order chi connectivity index (χ1) is 12.5. The summed E-state index contributed by atoms with van der Waals surface area (Å²) in [6.45, 7) is 4.59. The zero-order chi connectivity index (χ0) is 18.3. The number of carbonyl (C=O) groups excluding carboxylic acids is 2. The Hall–Kier alpha value is -2.90. The van der Waals surface area contributed by atoms with Crippen LogP contribution in [0.1, 0.15) is 35.0 Å². The first-order valence-electron chi connectivity index (χ1n) is 8.80. The van der Waals surface area contributed by atoms with Crippen LogP contribution in [0.4, 0.5) is 0 Å². The third-order valence-corrected chi connectivity index (χ3v) is 4.97. The first-order valence-corrected chi connectivity index (χ1v) is 8.80. The van der Waals surface area contributed by atoms with Crippen molar-refractivity contribution < 1.29 is 9.59 Å². The molecule has 4 heterocycles. The third-order valence-electron chi connectivity index (χ3n) is 4.97. The molecule has 2 aromatic rings. The molecule has 0 saturated carbocycles. The summed E-state index contributed by atoms with van der Waals surface area (Å²) in [5.74, 6) is 0.815. The molecule has 0 fully saturated rings. The van der Waals surface area contributed by atoms with Crippen LogP contribution in [0, 0.1) is 0 Å². The molecule has 0 radical (unpaired) electrons. The summed E-state index contributed by atoms with van der Waals surface area (Å²) in [5, 5.41) is 0. The minimum absolute atomic E-state index is 0.0829. The number of rotatable bonds is 3. The Bertz CT molecular complexity index is 872. The topological polar surface area (TPSA) is 76.3 Å². The summed E-state index contributed by atoms with van der Waals surface area (Å²) < 4.78 is 3.82. The minimum atomic E-state index is -0.157. The third kappa shape index (κ3) is 2.91. The molecule has 0 aromatic carbocycles. The van der Waals surface area contributed by atoms with Gasteiger partial charge in [0.15, 0.2) is 0 Å². The lowest BCUT2D eigenvalue weighted by molar-refractivity contribution is -0.129. The van der Waals surface area contributed by atoms with Crippen molar-refractivity contribution in [2.24, 2.45) is 7.05 Å². The Morgan fingerprint density at radius 3 is 2.65 bits per heavy atom. The summed E-state index contributed by atoms with van der Waals surface area (Å²) in [5.41, 5.74) is 1.20. The molecule has 2 aromatic heterocycles. The minimum Gasteiger partial charge on any atom is -0.340 e. The van der Waals surface area contributed by atoms with Crippen molar-refractivity contribution in [3.8, 4) is 0 Å². The zero-order valence-corrected chi connectivity index (χ0v) is 15.0. The molecule has 0 N–H and O–H groups in total. The molecule has 2 aliphatic heterocycles. The lowest BCUT2D eigenvalue weighted by Gasteiger charge is -2.33. The Labute approximate surface area is 151 Å². The molecule has 4 rings (SSSR count). The molecular formula is C18H22N6O2. The zero-order valence-electron chi connectivity index (χ0n) is 15.0. The van der Waals surface area contributed by atoms with E-state index in [0.717, 1.165) is 11.5 Å². The van der Waals surface area contributed by atoms with Crippen molar-refractivity contribution in [2.45, 2.75) is 25.9 Å².